The average molecular weight is 247 g/mol. The molecule has 18 heavy (non-hydrogen) atoms. The lowest BCUT2D eigenvalue weighted by molar-refractivity contribution is 0.383. The third-order valence-corrected chi connectivity index (χ3v) is 3.04. The van der Waals surface area contributed by atoms with Crippen LogP contribution in [-0.4, -0.2) is 34.7 Å². The summed E-state index contributed by atoms with van der Waals surface area (Å²) in [4.78, 5) is 6.58. The van der Waals surface area contributed by atoms with Gasteiger partial charge in [0.05, 0.1) is 0 Å². The van der Waals surface area contributed by atoms with Crippen molar-refractivity contribution in [1.29, 1.82) is 0 Å². The molecule has 0 spiro atoms. The Kier molecular flexibility index (Phi) is 3.26. The van der Waals surface area contributed by atoms with Gasteiger partial charge < -0.3 is 10.6 Å². The predicted molar refractivity (Wildman–Crippen MR) is 73.8 cm³/mol. The number of pyridine rings is 1. The molecule has 2 aromatic heterocycles. The molecule has 5 nitrogen and oxygen atoms in total. The highest BCUT2D eigenvalue weighted by atomic mass is 15.4. The largest absolute Gasteiger partial charge is 0.342 e. The second-order valence-electron chi connectivity index (χ2n) is 5.64. The molecule has 0 atom stereocenters. The van der Waals surface area contributed by atoms with E-state index in [0.29, 0.717) is 6.54 Å². The number of nitrogens with two attached hydrogens (primary N) is 1. The molecule has 0 saturated heterocycles. The van der Waals surface area contributed by atoms with Crippen LogP contribution in [0.25, 0.3) is 5.65 Å². The van der Waals surface area contributed by atoms with Gasteiger partial charge in [0.1, 0.15) is 0 Å². The Labute approximate surface area is 108 Å². The van der Waals surface area contributed by atoms with Gasteiger partial charge in [-0.3, -0.25) is 0 Å². The summed E-state index contributed by atoms with van der Waals surface area (Å²) in [6.07, 6.45) is 1.93. The molecule has 0 bridgehead atoms. The SMILES string of the molecule is Cc1ccn2nc(N(C)CC(C)(C)CN)nc2c1. The van der Waals surface area contributed by atoms with Crippen LogP contribution in [0.5, 0.6) is 0 Å². The minimum atomic E-state index is 0.0577. The van der Waals surface area contributed by atoms with Crippen LogP contribution in [0.1, 0.15) is 19.4 Å². The van der Waals surface area contributed by atoms with Crippen LogP contribution in [-0.2, 0) is 0 Å². The van der Waals surface area contributed by atoms with Crippen molar-refractivity contribution >= 4 is 11.6 Å². The van der Waals surface area contributed by atoms with Gasteiger partial charge in [-0.2, -0.15) is 4.98 Å². The summed E-state index contributed by atoms with van der Waals surface area (Å²) in [6, 6.07) is 4.05. The van der Waals surface area contributed by atoms with E-state index in [4.69, 9.17) is 5.73 Å². The quantitative estimate of drug-likeness (QED) is 0.888. The lowest BCUT2D eigenvalue weighted by Gasteiger charge is -2.28. The van der Waals surface area contributed by atoms with Gasteiger partial charge in [0.2, 0.25) is 5.95 Å². The Hall–Kier alpha value is -1.62. The van der Waals surface area contributed by atoms with Crippen molar-refractivity contribution in [2.45, 2.75) is 20.8 Å². The number of nitrogens with zero attached hydrogens (tertiary/aromatic N) is 4. The zero-order valence-corrected chi connectivity index (χ0v) is 11.5. The van der Waals surface area contributed by atoms with Crippen LogP contribution < -0.4 is 10.6 Å². The van der Waals surface area contributed by atoms with E-state index in [-0.39, 0.29) is 5.41 Å². The second kappa shape index (κ2) is 4.57. The molecule has 0 aliphatic heterocycles. The van der Waals surface area contributed by atoms with Crippen LogP contribution >= 0.6 is 0 Å². The molecule has 2 heterocycles. The maximum Gasteiger partial charge on any atom is 0.245 e. The van der Waals surface area contributed by atoms with Crippen molar-refractivity contribution in [3.05, 3.63) is 23.9 Å². The fourth-order valence-electron chi connectivity index (χ4n) is 1.91. The molecule has 0 fully saturated rings. The predicted octanol–water partition coefficient (Wildman–Crippen LogP) is 1.46. The van der Waals surface area contributed by atoms with Gasteiger partial charge in [0.25, 0.3) is 0 Å². The molecular weight excluding hydrogens is 226 g/mol. The molecule has 0 aliphatic carbocycles. The fraction of sp³-hybridized carbons (Fsp3) is 0.538. The molecule has 5 heteroatoms. The molecule has 2 N–H and O–H groups in total. The third kappa shape index (κ3) is 2.61. The number of hydrogen-bond acceptors (Lipinski definition) is 4. The third-order valence-electron chi connectivity index (χ3n) is 3.04. The van der Waals surface area contributed by atoms with Gasteiger partial charge in [-0.05, 0) is 36.6 Å². The summed E-state index contributed by atoms with van der Waals surface area (Å²) in [6.45, 7) is 7.81. The minimum Gasteiger partial charge on any atom is -0.342 e. The summed E-state index contributed by atoms with van der Waals surface area (Å²) in [5.41, 5.74) is 7.88. The standard InChI is InChI=1S/C13H21N5/c1-10-5-6-18-11(7-10)15-12(16-18)17(4)9-13(2,3)8-14/h5-7H,8-9,14H2,1-4H3. The molecule has 0 saturated carbocycles. The molecule has 98 valence electrons. The van der Waals surface area contributed by atoms with Gasteiger partial charge in [-0.15, -0.1) is 5.10 Å². The smallest absolute Gasteiger partial charge is 0.245 e. The van der Waals surface area contributed by atoms with Crippen molar-refractivity contribution in [3.63, 3.8) is 0 Å². The van der Waals surface area contributed by atoms with Crippen LogP contribution in [0.15, 0.2) is 18.3 Å². The van der Waals surface area contributed by atoms with E-state index >= 15 is 0 Å². The van der Waals surface area contributed by atoms with Gasteiger partial charge >= 0.3 is 0 Å². The van der Waals surface area contributed by atoms with E-state index in [0.717, 1.165) is 18.1 Å². The lowest BCUT2D eigenvalue weighted by Crippen LogP contribution is -2.37. The normalized spacial score (nSPS) is 12.1. The van der Waals surface area contributed by atoms with Crippen molar-refractivity contribution in [2.24, 2.45) is 11.1 Å². The average Bonchev–Trinajstić information content (AvgIpc) is 2.71. The molecule has 2 aromatic rings. The molecule has 0 radical (unpaired) electrons. The summed E-state index contributed by atoms with van der Waals surface area (Å²) in [5, 5.41) is 4.46. The van der Waals surface area contributed by atoms with Gasteiger partial charge in [-0.25, -0.2) is 4.52 Å². The maximum atomic E-state index is 5.75. The molecule has 0 aliphatic rings. The first kappa shape index (κ1) is 12.8. The van der Waals surface area contributed by atoms with Crippen molar-refractivity contribution in [1.82, 2.24) is 14.6 Å². The van der Waals surface area contributed by atoms with Gasteiger partial charge in [-0.1, -0.05) is 13.8 Å². The Balaban J connectivity index is 2.25. The zero-order chi connectivity index (χ0) is 13.3. The highest BCUT2D eigenvalue weighted by Crippen LogP contribution is 2.18. The highest BCUT2D eigenvalue weighted by Gasteiger charge is 2.20. The fourth-order valence-corrected chi connectivity index (χ4v) is 1.91. The monoisotopic (exact) mass is 247 g/mol. The zero-order valence-electron chi connectivity index (χ0n) is 11.5. The summed E-state index contributed by atoms with van der Waals surface area (Å²) in [7, 11) is 2.00. The minimum absolute atomic E-state index is 0.0577. The van der Waals surface area contributed by atoms with Crippen LogP contribution in [0.2, 0.25) is 0 Å². The topological polar surface area (TPSA) is 59.5 Å². The summed E-state index contributed by atoms with van der Waals surface area (Å²) >= 11 is 0. The number of fused-ring (bicyclic) bond motifs is 1. The summed E-state index contributed by atoms with van der Waals surface area (Å²) < 4.78 is 1.80. The second-order valence-corrected chi connectivity index (χ2v) is 5.64. The number of anilines is 1. The van der Waals surface area contributed by atoms with E-state index in [2.05, 4.69) is 35.8 Å². The van der Waals surface area contributed by atoms with E-state index in [1.54, 1.807) is 4.52 Å². The molecule has 2 rings (SSSR count). The van der Waals surface area contributed by atoms with Crippen molar-refractivity contribution in [2.75, 3.05) is 25.0 Å². The Morgan fingerprint density at radius 3 is 2.83 bits per heavy atom. The highest BCUT2D eigenvalue weighted by molar-refractivity contribution is 5.46. The Morgan fingerprint density at radius 2 is 2.17 bits per heavy atom. The number of hydrogen-bond donors (Lipinski definition) is 1. The number of aryl methyl sites for hydroxylation is 1. The van der Waals surface area contributed by atoms with E-state index in [9.17, 15) is 0 Å². The van der Waals surface area contributed by atoms with E-state index in [1.165, 1.54) is 5.56 Å². The van der Waals surface area contributed by atoms with Crippen LogP contribution in [0.4, 0.5) is 5.95 Å². The molecule has 0 amide bonds. The maximum absolute atomic E-state index is 5.75. The first-order valence-corrected chi connectivity index (χ1v) is 6.15. The van der Waals surface area contributed by atoms with Crippen LogP contribution in [0.3, 0.4) is 0 Å². The molecule has 0 aromatic carbocycles. The molecular formula is C13H21N5. The first-order valence-electron chi connectivity index (χ1n) is 6.15. The van der Waals surface area contributed by atoms with E-state index in [1.807, 2.05) is 25.4 Å². The van der Waals surface area contributed by atoms with Crippen molar-refractivity contribution in [3.8, 4) is 0 Å². The first-order chi connectivity index (χ1) is 8.41. The van der Waals surface area contributed by atoms with Crippen LogP contribution in [0, 0.1) is 12.3 Å². The van der Waals surface area contributed by atoms with Gasteiger partial charge in [0.15, 0.2) is 5.65 Å². The Bertz CT molecular complexity index is 543. The molecule has 0 unspecified atom stereocenters. The van der Waals surface area contributed by atoms with E-state index < -0.39 is 0 Å². The van der Waals surface area contributed by atoms with Gasteiger partial charge in [0, 0.05) is 19.8 Å². The lowest BCUT2D eigenvalue weighted by atomic mass is 9.93. The number of rotatable bonds is 4. The Morgan fingerprint density at radius 1 is 1.44 bits per heavy atom. The van der Waals surface area contributed by atoms with Crippen molar-refractivity contribution < 1.29 is 0 Å². The summed E-state index contributed by atoms with van der Waals surface area (Å²) in [5.74, 6) is 0.738. The number of aromatic nitrogens is 3.